The maximum Gasteiger partial charge on any atom is 0.120 e. The molecule has 0 aromatic carbocycles. The molecule has 98 valence electrons. The van der Waals surface area contributed by atoms with Gasteiger partial charge in [0.05, 0.1) is 0 Å². The molecule has 1 aromatic heterocycles. The van der Waals surface area contributed by atoms with Gasteiger partial charge in [-0.3, -0.25) is 0 Å². The molecule has 1 N–H and O–H groups in total. The van der Waals surface area contributed by atoms with E-state index >= 15 is 0 Å². The first kappa shape index (κ1) is 13.2. The highest BCUT2D eigenvalue weighted by molar-refractivity contribution is 5.28. The van der Waals surface area contributed by atoms with Crippen LogP contribution in [0.15, 0.2) is 12.3 Å². The van der Waals surface area contributed by atoms with Crippen molar-refractivity contribution in [3.05, 3.63) is 23.5 Å². The van der Waals surface area contributed by atoms with Gasteiger partial charge in [0.2, 0.25) is 0 Å². The van der Waals surface area contributed by atoms with Crippen LogP contribution in [0.2, 0.25) is 0 Å². The van der Waals surface area contributed by atoms with Gasteiger partial charge in [0.25, 0.3) is 0 Å². The zero-order chi connectivity index (χ0) is 13.1. The van der Waals surface area contributed by atoms with E-state index in [1.54, 1.807) is 0 Å². The van der Waals surface area contributed by atoms with Gasteiger partial charge in [-0.05, 0) is 29.9 Å². The van der Waals surface area contributed by atoms with Gasteiger partial charge in [0, 0.05) is 25.8 Å². The summed E-state index contributed by atoms with van der Waals surface area (Å²) in [4.78, 5) is 0. The number of nitriles is 1. The van der Waals surface area contributed by atoms with Gasteiger partial charge >= 0.3 is 0 Å². The highest BCUT2D eigenvalue weighted by Gasteiger charge is 2.26. The molecular formula is C15H23N3. The molecule has 3 nitrogen and oxygen atoms in total. The zero-order valence-corrected chi connectivity index (χ0v) is 11.6. The Bertz CT molecular complexity index is 441. The Morgan fingerprint density at radius 1 is 1.44 bits per heavy atom. The van der Waals surface area contributed by atoms with Crippen LogP contribution < -0.4 is 5.32 Å². The number of aromatic nitrogens is 1. The van der Waals surface area contributed by atoms with Crippen LogP contribution in [0.5, 0.6) is 0 Å². The molecule has 2 rings (SSSR count). The van der Waals surface area contributed by atoms with Crippen molar-refractivity contribution in [2.75, 3.05) is 0 Å². The predicted octanol–water partition coefficient (Wildman–Crippen LogP) is 2.81. The number of nitrogens with zero attached hydrogens (tertiary/aromatic N) is 2. The Labute approximate surface area is 110 Å². The van der Waals surface area contributed by atoms with Crippen LogP contribution in [0, 0.1) is 23.2 Å². The summed E-state index contributed by atoms with van der Waals surface area (Å²) < 4.78 is 1.89. The van der Waals surface area contributed by atoms with Crippen molar-refractivity contribution < 1.29 is 0 Å². The van der Waals surface area contributed by atoms with Gasteiger partial charge in [-0.2, -0.15) is 5.26 Å². The van der Waals surface area contributed by atoms with Gasteiger partial charge in [0.15, 0.2) is 0 Å². The smallest absolute Gasteiger partial charge is 0.120 e. The van der Waals surface area contributed by atoms with E-state index in [4.69, 9.17) is 5.26 Å². The van der Waals surface area contributed by atoms with E-state index in [-0.39, 0.29) is 0 Å². The summed E-state index contributed by atoms with van der Waals surface area (Å²) in [6.45, 7) is 5.58. The first-order valence-corrected chi connectivity index (χ1v) is 6.90. The molecular weight excluding hydrogens is 222 g/mol. The molecule has 3 heteroatoms. The fourth-order valence-electron chi connectivity index (χ4n) is 2.96. The highest BCUT2D eigenvalue weighted by Crippen LogP contribution is 2.29. The minimum atomic E-state index is 0.625. The Hall–Kier alpha value is -1.27. The Balaban J connectivity index is 1.92. The minimum Gasteiger partial charge on any atom is -0.342 e. The van der Waals surface area contributed by atoms with Gasteiger partial charge < -0.3 is 9.88 Å². The fraction of sp³-hybridized carbons (Fsp3) is 0.667. The van der Waals surface area contributed by atoms with E-state index in [0.29, 0.717) is 6.04 Å². The number of hydrogen-bond acceptors (Lipinski definition) is 2. The third kappa shape index (κ3) is 2.76. The van der Waals surface area contributed by atoms with Crippen molar-refractivity contribution in [2.45, 2.75) is 45.7 Å². The molecule has 3 unspecified atom stereocenters. The van der Waals surface area contributed by atoms with E-state index in [9.17, 15) is 0 Å². The van der Waals surface area contributed by atoms with Gasteiger partial charge in [-0.15, -0.1) is 0 Å². The van der Waals surface area contributed by atoms with Crippen molar-refractivity contribution in [3.63, 3.8) is 0 Å². The summed E-state index contributed by atoms with van der Waals surface area (Å²) in [6, 6.07) is 4.81. The Morgan fingerprint density at radius 2 is 2.22 bits per heavy atom. The molecule has 1 saturated carbocycles. The topological polar surface area (TPSA) is 40.8 Å². The molecule has 3 atom stereocenters. The van der Waals surface area contributed by atoms with Crippen LogP contribution in [0.1, 0.15) is 44.4 Å². The standard InChI is InChI=1S/C15H23N3/c1-11-5-4-6-15(12(11)2)17-9-13-7-14(8-16)18(3)10-13/h7,10-12,15,17H,4-6,9H2,1-3H3. The van der Waals surface area contributed by atoms with Crippen LogP contribution in [0.3, 0.4) is 0 Å². The summed E-state index contributed by atoms with van der Waals surface area (Å²) in [5.41, 5.74) is 1.94. The highest BCUT2D eigenvalue weighted by atomic mass is 15.0. The van der Waals surface area contributed by atoms with E-state index in [1.807, 2.05) is 23.9 Å². The second kappa shape index (κ2) is 5.58. The van der Waals surface area contributed by atoms with Crippen molar-refractivity contribution in [2.24, 2.45) is 18.9 Å². The van der Waals surface area contributed by atoms with Crippen molar-refractivity contribution in [3.8, 4) is 6.07 Å². The molecule has 1 aliphatic rings. The van der Waals surface area contributed by atoms with Crippen LogP contribution in [-0.2, 0) is 13.6 Å². The molecule has 1 heterocycles. The fourth-order valence-corrected chi connectivity index (χ4v) is 2.96. The minimum absolute atomic E-state index is 0.625. The third-order valence-electron chi connectivity index (χ3n) is 4.45. The van der Waals surface area contributed by atoms with Crippen LogP contribution >= 0.6 is 0 Å². The third-order valence-corrected chi connectivity index (χ3v) is 4.45. The second-order valence-corrected chi connectivity index (χ2v) is 5.71. The normalized spacial score (nSPS) is 28.0. The van der Waals surface area contributed by atoms with E-state index in [2.05, 4.69) is 25.2 Å². The molecule has 0 bridgehead atoms. The number of nitrogens with one attached hydrogen (secondary N) is 1. The average molecular weight is 245 g/mol. The SMILES string of the molecule is CC1CCCC(NCc2cc(C#N)n(C)c2)C1C. The lowest BCUT2D eigenvalue weighted by molar-refractivity contribution is 0.206. The lowest BCUT2D eigenvalue weighted by Crippen LogP contribution is -2.40. The van der Waals surface area contributed by atoms with E-state index < -0.39 is 0 Å². The average Bonchev–Trinajstić information content (AvgIpc) is 2.72. The van der Waals surface area contributed by atoms with Gasteiger partial charge in [-0.1, -0.05) is 26.7 Å². The molecule has 0 radical (unpaired) electrons. The summed E-state index contributed by atoms with van der Waals surface area (Å²) >= 11 is 0. The molecule has 18 heavy (non-hydrogen) atoms. The summed E-state index contributed by atoms with van der Waals surface area (Å²) in [5, 5.41) is 12.6. The van der Waals surface area contributed by atoms with Gasteiger partial charge in [0.1, 0.15) is 11.8 Å². The second-order valence-electron chi connectivity index (χ2n) is 5.71. The largest absolute Gasteiger partial charge is 0.342 e. The van der Waals surface area contributed by atoms with Gasteiger partial charge in [-0.25, -0.2) is 0 Å². The first-order chi connectivity index (χ1) is 8.61. The van der Waals surface area contributed by atoms with Crippen molar-refractivity contribution in [1.29, 1.82) is 5.26 Å². The lowest BCUT2D eigenvalue weighted by atomic mass is 9.78. The van der Waals surface area contributed by atoms with Crippen molar-refractivity contribution in [1.82, 2.24) is 9.88 Å². The lowest BCUT2D eigenvalue weighted by Gasteiger charge is -2.34. The van der Waals surface area contributed by atoms with Crippen LogP contribution in [0.4, 0.5) is 0 Å². The predicted molar refractivity (Wildman–Crippen MR) is 72.9 cm³/mol. The molecule has 0 aliphatic heterocycles. The monoisotopic (exact) mass is 245 g/mol. The van der Waals surface area contributed by atoms with Crippen LogP contribution in [-0.4, -0.2) is 10.6 Å². The Kier molecular flexibility index (Phi) is 4.08. The summed E-state index contributed by atoms with van der Waals surface area (Å²) in [5.74, 6) is 1.57. The summed E-state index contributed by atoms with van der Waals surface area (Å²) in [6.07, 6.45) is 6.02. The first-order valence-electron chi connectivity index (χ1n) is 6.90. The zero-order valence-electron chi connectivity index (χ0n) is 11.6. The number of rotatable bonds is 3. The maximum atomic E-state index is 8.93. The van der Waals surface area contributed by atoms with E-state index in [1.165, 1.54) is 24.8 Å². The molecule has 0 amide bonds. The molecule has 1 aliphatic carbocycles. The molecule has 0 spiro atoms. The molecule has 0 saturated heterocycles. The maximum absolute atomic E-state index is 8.93. The molecule has 1 aromatic rings. The van der Waals surface area contributed by atoms with E-state index in [0.717, 1.165) is 24.1 Å². The number of hydrogen-bond donors (Lipinski definition) is 1. The summed E-state index contributed by atoms with van der Waals surface area (Å²) in [7, 11) is 1.92. The Morgan fingerprint density at radius 3 is 2.89 bits per heavy atom. The van der Waals surface area contributed by atoms with Crippen molar-refractivity contribution >= 4 is 0 Å². The molecule has 1 fully saturated rings. The number of aryl methyl sites for hydroxylation is 1. The quantitative estimate of drug-likeness (QED) is 0.889. The van der Waals surface area contributed by atoms with Crippen LogP contribution in [0.25, 0.3) is 0 Å².